The van der Waals surface area contributed by atoms with Gasteiger partial charge in [-0.2, -0.15) is 0 Å². The number of hydrogen-bond donors (Lipinski definition) is 1. The summed E-state index contributed by atoms with van der Waals surface area (Å²) in [5.74, 6) is 1.06. The third-order valence-electron chi connectivity index (χ3n) is 3.33. The molecule has 3 rings (SSSR count). The Hall–Kier alpha value is -1.84. The zero-order valence-electron chi connectivity index (χ0n) is 11.3. The van der Waals surface area contributed by atoms with Gasteiger partial charge in [-0.25, -0.2) is 9.55 Å². The molecule has 4 heteroatoms. The van der Waals surface area contributed by atoms with E-state index in [-0.39, 0.29) is 0 Å². The summed E-state index contributed by atoms with van der Waals surface area (Å²) in [6.45, 7) is 1.35. The zero-order valence-corrected chi connectivity index (χ0v) is 12.0. The molecule has 0 aliphatic rings. The van der Waals surface area contributed by atoms with Crippen LogP contribution in [-0.2, 0) is 17.9 Å². The number of imidazole rings is 1. The third-order valence-corrected chi connectivity index (χ3v) is 3.59. The maximum Gasteiger partial charge on any atom is 0.281 e. The number of nitrogens with zero attached hydrogens (tertiary/aromatic N) is 1. The number of rotatable bonds is 4. The molecule has 2 aromatic carbocycles. The molecule has 0 aliphatic heterocycles. The summed E-state index contributed by atoms with van der Waals surface area (Å²) in [5, 5.41) is 0.759. The summed E-state index contributed by atoms with van der Waals surface area (Å²) in [4.78, 5) is 3.41. The third kappa shape index (κ3) is 2.55. The molecular formula is C16H16ClN2O+. The van der Waals surface area contributed by atoms with Crippen molar-refractivity contribution < 1.29 is 9.30 Å². The van der Waals surface area contributed by atoms with Gasteiger partial charge in [0.2, 0.25) is 0 Å². The van der Waals surface area contributed by atoms with E-state index in [4.69, 9.17) is 16.3 Å². The van der Waals surface area contributed by atoms with Crippen LogP contribution in [0.15, 0.2) is 48.5 Å². The van der Waals surface area contributed by atoms with Gasteiger partial charge in [-0.1, -0.05) is 35.9 Å². The van der Waals surface area contributed by atoms with Gasteiger partial charge in [0.05, 0.1) is 0 Å². The predicted molar refractivity (Wildman–Crippen MR) is 79.8 cm³/mol. The summed E-state index contributed by atoms with van der Waals surface area (Å²) in [5.41, 5.74) is 3.50. The predicted octanol–water partition coefficient (Wildman–Crippen LogP) is 3.30. The summed E-state index contributed by atoms with van der Waals surface area (Å²) >= 11 is 5.94. The summed E-state index contributed by atoms with van der Waals surface area (Å²) < 4.78 is 7.52. The number of aromatic amines is 1. The fourth-order valence-electron chi connectivity index (χ4n) is 2.39. The van der Waals surface area contributed by atoms with E-state index in [0.717, 1.165) is 22.9 Å². The molecule has 0 bridgehead atoms. The molecule has 3 nitrogen and oxygen atoms in total. The van der Waals surface area contributed by atoms with E-state index in [9.17, 15) is 0 Å². The maximum absolute atomic E-state index is 5.94. The van der Waals surface area contributed by atoms with Crippen molar-refractivity contribution in [2.24, 2.45) is 0 Å². The van der Waals surface area contributed by atoms with Gasteiger partial charge >= 0.3 is 0 Å². The van der Waals surface area contributed by atoms with Crippen LogP contribution in [0.3, 0.4) is 0 Å². The Balaban J connectivity index is 2.04. The van der Waals surface area contributed by atoms with Crippen molar-refractivity contribution in [2.75, 3.05) is 7.11 Å². The van der Waals surface area contributed by atoms with Crippen LogP contribution in [0.1, 0.15) is 11.4 Å². The number of fused-ring (bicyclic) bond motifs is 1. The molecular weight excluding hydrogens is 272 g/mol. The van der Waals surface area contributed by atoms with Gasteiger partial charge in [-0.05, 0) is 29.8 Å². The van der Waals surface area contributed by atoms with Gasteiger partial charge in [0.15, 0.2) is 11.0 Å². The summed E-state index contributed by atoms with van der Waals surface area (Å²) in [6, 6.07) is 16.2. The Kier molecular flexibility index (Phi) is 3.72. The second kappa shape index (κ2) is 5.65. The lowest BCUT2D eigenvalue weighted by Gasteiger charge is -2.02. The van der Waals surface area contributed by atoms with Crippen LogP contribution in [0.5, 0.6) is 0 Å². The standard InChI is InChI=1S/C16H15ClN2O/c1-20-11-16-18-14-4-2-3-5-15(14)19(16)10-12-6-8-13(17)9-7-12/h2-9H,10-11H2,1H3/p+1. The molecule has 1 aromatic heterocycles. The van der Waals surface area contributed by atoms with Crippen LogP contribution in [0, 0.1) is 0 Å². The molecule has 0 atom stereocenters. The van der Waals surface area contributed by atoms with Crippen molar-refractivity contribution in [3.63, 3.8) is 0 Å². The number of para-hydroxylation sites is 2. The molecule has 0 aliphatic carbocycles. The average Bonchev–Trinajstić information content (AvgIpc) is 2.80. The average molecular weight is 288 g/mol. The quantitative estimate of drug-likeness (QED) is 0.733. The zero-order chi connectivity index (χ0) is 13.9. The molecule has 3 aromatic rings. The van der Waals surface area contributed by atoms with Crippen molar-refractivity contribution >= 4 is 22.6 Å². The fraction of sp³-hybridized carbons (Fsp3) is 0.188. The Morgan fingerprint density at radius 3 is 2.60 bits per heavy atom. The number of H-pyrrole nitrogens is 1. The van der Waals surface area contributed by atoms with Crippen molar-refractivity contribution in [2.45, 2.75) is 13.2 Å². The molecule has 0 fully saturated rings. The second-order valence-corrected chi connectivity index (χ2v) is 5.17. The normalized spacial score (nSPS) is 11.1. The van der Waals surface area contributed by atoms with E-state index in [1.165, 1.54) is 11.1 Å². The highest BCUT2D eigenvalue weighted by Gasteiger charge is 2.17. The monoisotopic (exact) mass is 287 g/mol. The lowest BCUT2D eigenvalue weighted by molar-refractivity contribution is -0.672. The van der Waals surface area contributed by atoms with E-state index in [1.807, 2.05) is 36.4 Å². The second-order valence-electron chi connectivity index (χ2n) is 4.73. The van der Waals surface area contributed by atoms with Gasteiger partial charge in [-0.15, -0.1) is 0 Å². The summed E-state index contributed by atoms with van der Waals surface area (Å²) in [7, 11) is 1.71. The molecule has 1 heterocycles. The van der Waals surface area contributed by atoms with Gasteiger partial charge in [0.1, 0.15) is 13.2 Å². The maximum atomic E-state index is 5.94. The highest BCUT2D eigenvalue weighted by atomic mass is 35.5. The topological polar surface area (TPSA) is 28.9 Å². The molecule has 0 radical (unpaired) electrons. The van der Waals surface area contributed by atoms with Gasteiger partial charge in [-0.3, -0.25) is 0 Å². The SMILES string of the molecule is COCc1[nH]c2ccccc2[n+]1Cc1ccc(Cl)cc1. The highest BCUT2D eigenvalue weighted by Crippen LogP contribution is 2.13. The fourth-order valence-corrected chi connectivity index (χ4v) is 2.51. The lowest BCUT2D eigenvalue weighted by atomic mass is 10.2. The molecule has 0 saturated carbocycles. The van der Waals surface area contributed by atoms with Crippen molar-refractivity contribution in [3.8, 4) is 0 Å². The minimum Gasteiger partial charge on any atom is -0.372 e. The van der Waals surface area contributed by atoms with Crippen molar-refractivity contribution in [1.29, 1.82) is 0 Å². The minimum absolute atomic E-state index is 0.558. The van der Waals surface area contributed by atoms with E-state index in [1.54, 1.807) is 7.11 Å². The Bertz CT molecular complexity index is 719. The number of aromatic nitrogens is 2. The van der Waals surface area contributed by atoms with Crippen LogP contribution in [0.4, 0.5) is 0 Å². The largest absolute Gasteiger partial charge is 0.372 e. The van der Waals surface area contributed by atoms with E-state index >= 15 is 0 Å². The number of hydrogen-bond acceptors (Lipinski definition) is 1. The molecule has 0 spiro atoms. The Labute approximate surface area is 122 Å². The number of benzene rings is 2. The van der Waals surface area contributed by atoms with Crippen LogP contribution in [-0.4, -0.2) is 12.1 Å². The first-order valence-corrected chi connectivity index (χ1v) is 6.88. The van der Waals surface area contributed by atoms with Crippen LogP contribution in [0.2, 0.25) is 5.02 Å². The smallest absolute Gasteiger partial charge is 0.281 e. The van der Waals surface area contributed by atoms with E-state index in [0.29, 0.717) is 6.61 Å². The van der Waals surface area contributed by atoms with Crippen LogP contribution in [0.25, 0.3) is 11.0 Å². The Morgan fingerprint density at radius 2 is 1.85 bits per heavy atom. The first-order chi connectivity index (χ1) is 9.78. The van der Waals surface area contributed by atoms with E-state index < -0.39 is 0 Å². The molecule has 0 unspecified atom stereocenters. The molecule has 1 N–H and O–H groups in total. The lowest BCUT2D eigenvalue weighted by Crippen LogP contribution is -2.37. The van der Waals surface area contributed by atoms with Crippen LogP contribution < -0.4 is 4.57 Å². The van der Waals surface area contributed by atoms with Crippen molar-refractivity contribution in [3.05, 3.63) is 64.9 Å². The number of halogens is 1. The molecule has 0 amide bonds. The first kappa shape index (κ1) is 13.2. The first-order valence-electron chi connectivity index (χ1n) is 6.51. The minimum atomic E-state index is 0.558. The van der Waals surface area contributed by atoms with E-state index in [2.05, 4.69) is 21.7 Å². The van der Waals surface area contributed by atoms with Gasteiger partial charge in [0.25, 0.3) is 5.82 Å². The number of ether oxygens (including phenoxy) is 1. The highest BCUT2D eigenvalue weighted by molar-refractivity contribution is 6.30. The Morgan fingerprint density at radius 1 is 1.10 bits per heavy atom. The molecule has 20 heavy (non-hydrogen) atoms. The number of methoxy groups -OCH3 is 1. The van der Waals surface area contributed by atoms with Gasteiger partial charge in [0, 0.05) is 12.1 Å². The van der Waals surface area contributed by atoms with Gasteiger partial charge < -0.3 is 4.74 Å². The number of nitrogens with one attached hydrogen (secondary N) is 1. The summed E-state index contributed by atoms with van der Waals surface area (Å²) in [6.07, 6.45) is 0. The van der Waals surface area contributed by atoms with Crippen molar-refractivity contribution in [1.82, 2.24) is 4.98 Å². The van der Waals surface area contributed by atoms with Crippen LogP contribution >= 0.6 is 11.6 Å². The molecule has 0 saturated heterocycles. The molecule has 102 valence electrons.